The van der Waals surface area contributed by atoms with Crippen LogP contribution in [0.1, 0.15) is 132 Å². The molecule has 4 aliphatic carbocycles. The molecule has 12 rings (SSSR count). The standard InChI is InChI=1S/C64H59N/c1-61(2,3)44-25-31-51-52-32-26-45(62(4,5)6)37-59(52)64(58(51)36-44)57-22-12-10-19-49(57)53-33-29-48(39-60(53)64)65(47-30-34-56-54(38-47)50-20-9-11-21-55(50)63(56,7)8)46-27-23-41(24-28-46)43-18-14-17-42(35-43)40-15-13-16-40/h9-12,14,17-40H,13,15-16H2,1-8H3/i40D. The zero-order valence-electron chi connectivity index (χ0n) is 40.2. The molecule has 0 aromatic heterocycles. The van der Waals surface area contributed by atoms with Crippen molar-refractivity contribution in [3.8, 4) is 44.5 Å². The summed E-state index contributed by atoms with van der Waals surface area (Å²) in [6.07, 6.45) is 3.01. The second-order valence-corrected chi connectivity index (χ2v) is 21.9. The van der Waals surface area contributed by atoms with Gasteiger partial charge in [-0.3, -0.25) is 0 Å². The molecule has 0 N–H and O–H groups in total. The molecule has 0 heterocycles. The van der Waals surface area contributed by atoms with E-state index in [1.54, 1.807) is 0 Å². The summed E-state index contributed by atoms with van der Waals surface area (Å²) in [6, 6.07) is 65.2. The zero-order chi connectivity index (χ0) is 45.5. The Hall–Kier alpha value is -6.44. The number of hydrogen-bond donors (Lipinski definition) is 0. The Morgan fingerprint density at radius 1 is 0.431 bits per heavy atom. The molecule has 1 spiro atoms. The van der Waals surface area contributed by atoms with Crippen LogP contribution < -0.4 is 4.90 Å². The van der Waals surface area contributed by atoms with Crippen LogP contribution in [-0.2, 0) is 21.7 Å². The summed E-state index contributed by atoms with van der Waals surface area (Å²) in [7, 11) is 0. The van der Waals surface area contributed by atoms with Gasteiger partial charge in [-0.15, -0.1) is 0 Å². The van der Waals surface area contributed by atoms with Crippen LogP contribution in [-0.4, -0.2) is 0 Å². The van der Waals surface area contributed by atoms with E-state index < -0.39 is 11.3 Å². The smallest absolute Gasteiger partial charge is 0.0726 e. The van der Waals surface area contributed by atoms with Crippen molar-refractivity contribution in [1.29, 1.82) is 0 Å². The molecule has 0 radical (unpaired) electrons. The zero-order valence-corrected chi connectivity index (χ0v) is 39.2. The number of rotatable bonds is 5. The number of benzene rings is 8. The fraction of sp³-hybridized carbons (Fsp3) is 0.250. The van der Waals surface area contributed by atoms with Crippen LogP contribution in [0.15, 0.2) is 170 Å². The fourth-order valence-electron chi connectivity index (χ4n) is 11.9. The van der Waals surface area contributed by atoms with E-state index in [-0.39, 0.29) is 16.2 Å². The lowest BCUT2D eigenvalue weighted by molar-refractivity contribution is 0.420. The summed E-state index contributed by atoms with van der Waals surface area (Å²) >= 11 is 0. The van der Waals surface area contributed by atoms with E-state index in [2.05, 4.69) is 230 Å². The first-order chi connectivity index (χ1) is 31.6. The van der Waals surface area contributed by atoms with Gasteiger partial charge >= 0.3 is 0 Å². The van der Waals surface area contributed by atoms with Gasteiger partial charge in [0.2, 0.25) is 0 Å². The Bertz CT molecular complexity index is 3230. The third kappa shape index (κ3) is 5.90. The molecule has 0 aliphatic heterocycles. The number of hydrogen-bond acceptors (Lipinski definition) is 1. The van der Waals surface area contributed by atoms with Crippen molar-refractivity contribution in [2.45, 2.75) is 102 Å². The maximum Gasteiger partial charge on any atom is 0.0726 e. The molecule has 0 bridgehead atoms. The second-order valence-electron chi connectivity index (χ2n) is 21.9. The Kier molecular flexibility index (Phi) is 8.41. The minimum atomic E-state index is -0.508. The average molecular weight is 843 g/mol. The number of anilines is 3. The first kappa shape index (κ1) is 39.0. The summed E-state index contributed by atoms with van der Waals surface area (Å²) in [4.78, 5) is 2.49. The van der Waals surface area contributed by atoms with Crippen LogP contribution in [0.4, 0.5) is 17.1 Å². The van der Waals surface area contributed by atoms with E-state index in [9.17, 15) is 0 Å². The molecule has 1 fully saturated rings. The molecule has 65 heavy (non-hydrogen) atoms. The number of fused-ring (bicyclic) bond motifs is 13. The predicted molar refractivity (Wildman–Crippen MR) is 274 cm³/mol. The third-order valence-electron chi connectivity index (χ3n) is 15.7. The monoisotopic (exact) mass is 842 g/mol. The lowest BCUT2D eigenvalue weighted by Gasteiger charge is -2.34. The Morgan fingerprint density at radius 2 is 0.938 bits per heavy atom. The molecule has 1 saturated carbocycles. The van der Waals surface area contributed by atoms with Gasteiger partial charge in [0.25, 0.3) is 0 Å². The van der Waals surface area contributed by atoms with Gasteiger partial charge in [-0.2, -0.15) is 0 Å². The molecular weight excluding hydrogens is 783 g/mol. The third-order valence-corrected chi connectivity index (χ3v) is 15.7. The highest BCUT2D eigenvalue weighted by molar-refractivity contribution is 5.97. The highest BCUT2D eigenvalue weighted by Gasteiger charge is 2.52. The SMILES string of the molecule is [2H]C1(c2cccc(-c3ccc(N(c4ccc5c(c4)-c4ccccc4C5(C)C)c4ccc5c(c4)C4(c6ccccc6-5)c5cc(C(C)(C)C)ccc5-c5ccc(C(C)(C)C)cc54)cc3)c2)CCC1. The summed E-state index contributed by atoms with van der Waals surface area (Å²) < 4.78 is 9.07. The average Bonchev–Trinajstić information content (AvgIpc) is 3.85. The van der Waals surface area contributed by atoms with Gasteiger partial charge in [-0.1, -0.05) is 195 Å². The van der Waals surface area contributed by atoms with E-state index in [4.69, 9.17) is 1.37 Å². The predicted octanol–water partition coefficient (Wildman–Crippen LogP) is 17.3. The summed E-state index contributed by atoms with van der Waals surface area (Å²) in [5.41, 5.74) is 25.0. The van der Waals surface area contributed by atoms with Crippen LogP contribution in [0.5, 0.6) is 0 Å². The molecule has 8 aromatic carbocycles. The first-order valence-electron chi connectivity index (χ1n) is 24.4. The van der Waals surface area contributed by atoms with Crippen LogP contribution in [0.2, 0.25) is 0 Å². The van der Waals surface area contributed by atoms with E-state index in [0.717, 1.165) is 41.9 Å². The minimum absolute atomic E-state index is 0.0186. The molecule has 0 amide bonds. The van der Waals surface area contributed by atoms with Crippen molar-refractivity contribution in [1.82, 2.24) is 0 Å². The highest BCUT2D eigenvalue weighted by atomic mass is 15.1. The van der Waals surface area contributed by atoms with Crippen LogP contribution in [0.3, 0.4) is 0 Å². The molecule has 320 valence electrons. The van der Waals surface area contributed by atoms with Gasteiger partial charge in [0.05, 0.1) is 5.41 Å². The maximum absolute atomic E-state index is 9.07. The van der Waals surface area contributed by atoms with Gasteiger partial charge in [0.15, 0.2) is 0 Å². The first-order valence-corrected chi connectivity index (χ1v) is 23.9. The van der Waals surface area contributed by atoms with E-state index in [1.165, 1.54) is 89.0 Å². The Balaban J connectivity index is 1.09. The lowest BCUT2D eigenvalue weighted by Crippen LogP contribution is -2.27. The minimum Gasteiger partial charge on any atom is -0.310 e. The normalized spacial score (nSPS) is 16.7. The molecule has 4 aliphatic rings. The van der Waals surface area contributed by atoms with Gasteiger partial charge in [0, 0.05) is 23.8 Å². The van der Waals surface area contributed by atoms with Crippen molar-refractivity contribution < 1.29 is 1.37 Å². The van der Waals surface area contributed by atoms with Crippen LogP contribution in [0.25, 0.3) is 44.5 Å². The lowest BCUT2D eigenvalue weighted by atomic mass is 9.68. The second kappa shape index (κ2) is 14.0. The molecule has 0 unspecified atom stereocenters. The Labute approximate surface area is 388 Å². The van der Waals surface area contributed by atoms with Gasteiger partial charge in [0.1, 0.15) is 0 Å². The quantitative estimate of drug-likeness (QED) is 0.167. The van der Waals surface area contributed by atoms with E-state index >= 15 is 0 Å². The van der Waals surface area contributed by atoms with Crippen molar-refractivity contribution in [2.75, 3.05) is 4.90 Å². The molecular formula is C64H59N. The summed E-state index contributed by atoms with van der Waals surface area (Å²) in [6.45, 7) is 18.8. The molecule has 1 nitrogen and oxygen atoms in total. The van der Waals surface area contributed by atoms with Crippen LogP contribution in [0, 0.1) is 0 Å². The van der Waals surface area contributed by atoms with Gasteiger partial charge < -0.3 is 4.90 Å². The molecule has 0 atom stereocenters. The highest BCUT2D eigenvalue weighted by Crippen LogP contribution is 2.64. The summed E-state index contributed by atoms with van der Waals surface area (Å²) in [5.74, 6) is -0.457. The Morgan fingerprint density at radius 3 is 1.55 bits per heavy atom. The van der Waals surface area contributed by atoms with Gasteiger partial charge in [-0.05, 0) is 161 Å². The number of nitrogens with zero attached hydrogens (tertiary/aromatic N) is 1. The molecule has 8 aromatic rings. The van der Waals surface area contributed by atoms with Crippen molar-refractivity contribution in [2.24, 2.45) is 0 Å². The van der Waals surface area contributed by atoms with Crippen molar-refractivity contribution in [3.63, 3.8) is 0 Å². The fourth-order valence-corrected chi connectivity index (χ4v) is 11.9. The van der Waals surface area contributed by atoms with Gasteiger partial charge in [-0.25, -0.2) is 0 Å². The van der Waals surface area contributed by atoms with E-state index in [0.29, 0.717) is 0 Å². The van der Waals surface area contributed by atoms with E-state index in [1.807, 2.05) is 0 Å². The molecule has 1 heteroatoms. The molecule has 0 saturated heterocycles. The van der Waals surface area contributed by atoms with Crippen molar-refractivity contribution >= 4 is 17.1 Å². The topological polar surface area (TPSA) is 3.24 Å². The summed E-state index contributed by atoms with van der Waals surface area (Å²) in [5, 5.41) is 0. The maximum atomic E-state index is 9.07. The van der Waals surface area contributed by atoms with Crippen LogP contribution >= 0.6 is 0 Å². The largest absolute Gasteiger partial charge is 0.310 e. The van der Waals surface area contributed by atoms with Crippen molar-refractivity contribution in [3.05, 3.63) is 220 Å².